The van der Waals surface area contributed by atoms with Crippen LogP contribution in [0.5, 0.6) is 5.75 Å². The van der Waals surface area contributed by atoms with Crippen molar-refractivity contribution in [1.82, 2.24) is 20.8 Å². The predicted molar refractivity (Wildman–Crippen MR) is 118 cm³/mol. The summed E-state index contributed by atoms with van der Waals surface area (Å²) >= 11 is 0. The first kappa shape index (κ1) is 25.1. The Balaban J connectivity index is 0.00000420. The third kappa shape index (κ3) is 8.92. The van der Waals surface area contributed by atoms with Crippen LogP contribution in [0, 0.1) is 0 Å². The lowest BCUT2D eigenvalue weighted by Crippen LogP contribution is -2.37. The molecule has 0 spiro atoms. The second-order valence-corrected chi connectivity index (χ2v) is 6.41. The first-order chi connectivity index (χ1) is 13.5. The Bertz CT molecular complexity index is 756. The van der Waals surface area contributed by atoms with E-state index in [9.17, 15) is 8.78 Å². The van der Waals surface area contributed by atoms with E-state index >= 15 is 0 Å². The van der Waals surface area contributed by atoms with Crippen molar-refractivity contribution in [3.8, 4) is 5.75 Å². The van der Waals surface area contributed by atoms with Gasteiger partial charge < -0.3 is 19.9 Å². The van der Waals surface area contributed by atoms with Crippen molar-refractivity contribution in [3.05, 3.63) is 41.5 Å². The first-order valence-electron chi connectivity index (χ1n) is 9.37. The molecule has 2 N–H and O–H groups in total. The summed E-state index contributed by atoms with van der Waals surface area (Å²) < 4.78 is 34.8. The second kappa shape index (κ2) is 13.3. The summed E-state index contributed by atoms with van der Waals surface area (Å²) in [4.78, 5) is 8.79. The van der Waals surface area contributed by atoms with E-state index in [4.69, 9.17) is 4.52 Å². The number of hydrogen-bond acceptors (Lipinski definition) is 5. The molecule has 1 aromatic carbocycles. The molecule has 162 valence electrons. The van der Waals surface area contributed by atoms with Gasteiger partial charge in [0.2, 0.25) is 5.89 Å². The summed E-state index contributed by atoms with van der Waals surface area (Å²) in [5.41, 5.74) is 0.590. The van der Waals surface area contributed by atoms with Crippen LogP contribution in [0.1, 0.15) is 50.4 Å². The summed E-state index contributed by atoms with van der Waals surface area (Å²) in [6.45, 7) is 4.68. The molecule has 2 rings (SSSR count). The maximum atomic E-state index is 12.5. The van der Waals surface area contributed by atoms with Gasteiger partial charge in [0.15, 0.2) is 11.8 Å². The van der Waals surface area contributed by atoms with Crippen LogP contribution in [-0.4, -0.2) is 35.8 Å². The molecule has 1 heterocycles. The molecular formula is C19H28F2IN5O2. The van der Waals surface area contributed by atoms with Gasteiger partial charge >= 0.3 is 6.61 Å². The zero-order valence-electron chi connectivity index (χ0n) is 16.8. The molecule has 29 heavy (non-hydrogen) atoms. The van der Waals surface area contributed by atoms with E-state index in [0.29, 0.717) is 42.7 Å². The van der Waals surface area contributed by atoms with Crippen LogP contribution in [0.3, 0.4) is 0 Å². The zero-order valence-corrected chi connectivity index (χ0v) is 19.2. The zero-order chi connectivity index (χ0) is 20.4. The number of benzene rings is 1. The van der Waals surface area contributed by atoms with Crippen molar-refractivity contribution in [3.63, 3.8) is 0 Å². The van der Waals surface area contributed by atoms with Crippen LogP contribution in [0.4, 0.5) is 8.78 Å². The molecule has 0 radical (unpaired) electrons. The lowest BCUT2D eigenvalue weighted by Gasteiger charge is -2.12. The molecular weight excluding hydrogens is 495 g/mol. The smallest absolute Gasteiger partial charge is 0.387 e. The number of rotatable bonds is 10. The topological polar surface area (TPSA) is 84.6 Å². The van der Waals surface area contributed by atoms with Crippen molar-refractivity contribution in [2.45, 2.75) is 52.7 Å². The number of guanidine groups is 1. The molecule has 0 atom stereocenters. The van der Waals surface area contributed by atoms with E-state index in [2.05, 4.69) is 30.5 Å². The number of hydrogen-bond donors (Lipinski definition) is 2. The van der Waals surface area contributed by atoms with Gasteiger partial charge in [-0.1, -0.05) is 37.2 Å². The highest BCUT2D eigenvalue weighted by molar-refractivity contribution is 14.0. The van der Waals surface area contributed by atoms with Crippen LogP contribution in [0.2, 0.25) is 0 Å². The summed E-state index contributed by atoms with van der Waals surface area (Å²) in [6, 6.07) is 6.63. The molecule has 0 saturated heterocycles. The Kier molecular flexibility index (Phi) is 11.5. The van der Waals surface area contributed by atoms with Crippen LogP contribution in [0.25, 0.3) is 0 Å². The third-order valence-electron chi connectivity index (χ3n) is 3.80. The summed E-state index contributed by atoms with van der Waals surface area (Å²) in [5, 5.41) is 10.3. The Labute approximate surface area is 186 Å². The molecule has 10 heteroatoms. The van der Waals surface area contributed by atoms with Crippen LogP contribution in [0.15, 0.2) is 33.8 Å². The second-order valence-electron chi connectivity index (χ2n) is 6.41. The summed E-state index contributed by atoms with van der Waals surface area (Å²) in [7, 11) is 0. The normalized spacial score (nSPS) is 11.5. The number of halogens is 3. The van der Waals surface area contributed by atoms with E-state index in [-0.39, 0.29) is 42.2 Å². The molecule has 1 aromatic heterocycles. The van der Waals surface area contributed by atoms with Gasteiger partial charge in [-0.25, -0.2) is 4.99 Å². The highest BCUT2D eigenvalue weighted by Crippen LogP contribution is 2.20. The van der Waals surface area contributed by atoms with Crippen molar-refractivity contribution in [2.24, 2.45) is 4.99 Å². The molecule has 0 aliphatic carbocycles. The van der Waals surface area contributed by atoms with E-state index in [0.717, 1.165) is 6.42 Å². The van der Waals surface area contributed by atoms with Crippen molar-refractivity contribution in [1.29, 1.82) is 0 Å². The van der Waals surface area contributed by atoms with E-state index in [1.807, 2.05) is 20.8 Å². The number of para-hydroxylation sites is 1. The lowest BCUT2D eigenvalue weighted by atomic mass is 10.2. The molecule has 0 aliphatic heterocycles. The van der Waals surface area contributed by atoms with Gasteiger partial charge in [0.25, 0.3) is 0 Å². The van der Waals surface area contributed by atoms with Crippen LogP contribution in [-0.2, 0) is 13.0 Å². The molecule has 0 unspecified atom stereocenters. The summed E-state index contributed by atoms with van der Waals surface area (Å²) in [6.07, 6.45) is 1.45. The van der Waals surface area contributed by atoms with Crippen molar-refractivity contribution < 1.29 is 18.0 Å². The highest BCUT2D eigenvalue weighted by Gasteiger charge is 2.10. The Morgan fingerprint density at radius 3 is 2.66 bits per heavy atom. The maximum Gasteiger partial charge on any atom is 0.387 e. The quantitative estimate of drug-likeness (QED) is 0.211. The Hall–Kier alpha value is -1.98. The van der Waals surface area contributed by atoms with E-state index in [1.54, 1.807) is 18.2 Å². The van der Waals surface area contributed by atoms with Gasteiger partial charge in [0.05, 0.1) is 6.54 Å². The summed E-state index contributed by atoms with van der Waals surface area (Å²) in [5.74, 6) is 2.30. The average Bonchev–Trinajstić information content (AvgIpc) is 3.13. The highest BCUT2D eigenvalue weighted by atomic mass is 127. The number of aromatic nitrogens is 2. The SMILES string of the molecule is CCNC(=NCc1ccccc1OC(F)F)NCCCc1nc(C(C)C)no1.I. The van der Waals surface area contributed by atoms with Gasteiger partial charge in [-0.3, -0.25) is 0 Å². The fourth-order valence-corrected chi connectivity index (χ4v) is 2.40. The van der Waals surface area contributed by atoms with Crippen LogP contribution >= 0.6 is 24.0 Å². The van der Waals surface area contributed by atoms with E-state index in [1.165, 1.54) is 6.07 Å². The van der Waals surface area contributed by atoms with Gasteiger partial charge in [-0.05, 0) is 19.4 Å². The van der Waals surface area contributed by atoms with Crippen LogP contribution < -0.4 is 15.4 Å². The fraction of sp³-hybridized carbons (Fsp3) is 0.526. The Morgan fingerprint density at radius 2 is 2.00 bits per heavy atom. The minimum absolute atomic E-state index is 0. The van der Waals surface area contributed by atoms with Gasteiger partial charge in [-0.15, -0.1) is 24.0 Å². The third-order valence-corrected chi connectivity index (χ3v) is 3.80. The number of aryl methyl sites for hydroxylation is 1. The standard InChI is InChI=1S/C19H27F2N5O2.HI/c1-4-22-19(23-11-7-10-16-25-17(13(2)3)26-28-16)24-12-14-8-5-6-9-15(14)27-18(20)21;/h5-6,8-9,13,18H,4,7,10-12H2,1-3H3,(H2,22,23,24);1H. The molecule has 0 saturated carbocycles. The number of aliphatic imine (C=N–C) groups is 1. The molecule has 0 fully saturated rings. The molecule has 2 aromatic rings. The predicted octanol–water partition coefficient (Wildman–Crippen LogP) is 4.10. The molecule has 0 amide bonds. The van der Waals surface area contributed by atoms with Gasteiger partial charge in [0, 0.05) is 31.0 Å². The van der Waals surface area contributed by atoms with E-state index < -0.39 is 6.61 Å². The number of ether oxygens (including phenoxy) is 1. The van der Waals surface area contributed by atoms with Crippen molar-refractivity contribution in [2.75, 3.05) is 13.1 Å². The Morgan fingerprint density at radius 1 is 1.24 bits per heavy atom. The number of alkyl halides is 2. The number of nitrogens with zero attached hydrogens (tertiary/aromatic N) is 3. The maximum absolute atomic E-state index is 12.5. The molecule has 0 aliphatic rings. The average molecular weight is 523 g/mol. The van der Waals surface area contributed by atoms with Gasteiger partial charge in [0.1, 0.15) is 5.75 Å². The van der Waals surface area contributed by atoms with Gasteiger partial charge in [-0.2, -0.15) is 13.8 Å². The minimum Gasteiger partial charge on any atom is -0.434 e. The first-order valence-corrected chi connectivity index (χ1v) is 9.37. The van der Waals surface area contributed by atoms with Crippen molar-refractivity contribution >= 4 is 29.9 Å². The fourth-order valence-electron chi connectivity index (χ4n) is 2.40. The molecule has 0 bridgehead atoms. The largest absolute Gasteiger partial charge is 0.434 e. The molecule has 7 nitrogen and oxygen atoms in total. The lowest BCUT2D eigenvalue weighted by molar-refractivity contribution is -0.0504. The number of nitrogens with one attached hydrogen (secondary N) is 2. The minimum atomic E-state index is -2.86. The monoisotopic (exact) mass is 523 g/mol.